The van der Waals surface area contributed by atoms with Gasteiger partial charge in [-0.25, -0.2) is 9.36 Å². The maximum absolute atomic E-state index is 11.9. The Morgan fingerprint density at radius 3 is 2.67 bits per heavy atom. The van der Waals surface area contributed by atoms with Crippen molar-refractivity contribution in [1.29, 1.82) is 0 Å². The molecule has 1 aromatic rings. The quantitative estimate of drug-likeness (QED) is 0.402. The number of hydrogen-bond donors (Lipinski definition) is 5. The molecule has 1 aliphatic heterocycles. The predicted molar refractivity (Wildman–Crippen MR) is 73.4 cm³/mol. The number of H-pyrrole nitrogens is 1. The Labute approximate surface area is 125 Å². The predicted octanol–water partition coefficient (Wildman–Crippen LogP) is -2.38. The second-order valence-corrected chi connectivity index (χ2v) is 4.95. The average molecular weight is 365 g/mol. The van der Waals surface area contributed by atoms with Gasteiger partial charge in [0.1, 0.15) is 12.2 Å². The second kappa shape index (κ2) is 5.83. The summed E-state index contributed by atoms with van der Waals surface area (Å²) in [5.41, 5.74) is -1.84. The summed E-state index contributed by atoms with van der Waals surface area (Å²) >= 11 is 2.97. The number of aliphatic hydroxyl groups is 4. The number of rotatable bonds is 3. The Kier molecular flexibility index (Phi) is 4.46. The Morgan fingerprint density at radius 1 is 1.48 bits per heavy atom. The van der Waals surface area contributed by atoms with Gasteiger partial charge in [-0.05, 0) is 11.1 Å². The highest BCUT2D eigenvalue weighted by molar-refractivity contribution is 9.11. The standard InChI is InChI=1S/C11H13BrN2O7/c12-2-1-5-3-7(16)13-10(19)14(5)11(20)9(18)8(17)6(4-15)21-11/h1-3,6,8-9,15,17-18,20H,4H2,(H,13,16,19)/b2-1+/t6-,8-,9+,11-/m1/s1. The molecule has 1 saturated heterocycles. The van der Waals surface area contributed by atoms with Crippen LogP contribution in [0, 0.1) is 0 Å². The van der Waals surface area contributed by atoms with Crippen molar-refractivity contribution in [2.45, 2.75) is 24.2 Å². The third-order valence-electron chi connectivity index (χ3n) is 3.12. The summed E-state index contributed by atoms with van der Waals surface area (Å²) in [6, 6.07) is 0.992. The number of aromatic nitrogens is 2. The lowest BCUT2D eigenvalue weighted by molar-refractivity contribution is -0.291. The molecule has 9 nitrogen and oxygen atoms in total. The van der Waals surface area contributed by atoms with Crippen LogP contribution in [0.3, 0.4) is 0 Å². The van der Waals surface area contributed by atoms with E-state index in [0.717, 1.165) is 6.07 Å². The zero-order valence-electron chi connectivity index (χ0n) is 10.5. The van der Waals surface area contributed by atoms with Gasteiger partial charge in [0.25, 0.3) is 11.5 Å². The number of nitrogens with zero attached hydrogens (tertiary/aromatic N) is 1. The molecule has 21 heavy (non-hydrogen) atoms. The Hall–Kier alpha value is -1.30. The van der Waals surface area contributed by atoms with Crippen LogP contribution in [-0.2, 0) is 10.6 Å². The van der Waals surface area contributed by atoms with Crippen LogP contribution in [0.5, 0.6) is 0 Å². The van der Waals surface area contributed by atoms with E-state index >= 15 is 0 Å². The SMILES string of the molecule is O=c1cc(/C=C/Br)n([C@]2(O)O[C@H](CO)[C@@H](O)[C@@H]2O)c(=O)[nH]1. The van der Waals surface area contributed by atoms with Crippen molar-refractivity contribution in [3.8, 4) is 0 Å². The molecule has 1 aliphatic rings. The van der Waals surface area contributed by atoms with E-state index in [-0.39, 0.29) is 5.69 Å². The van der Waals surface area contributed by atoms with Gasteiger partial charge in [0.2, 0.25) is 0 Å². The molecule has 1 aromatic heterocycles. The minimum Gasteiger partial charge on any atom is -0.394 e. The molecule has 116 valence electrons. The molecule has 0 bridgehead atoms. The van der Waals surface area contributed by atoms with Gasteiger partial charge in [0.05, 0.1) is 12.3 Å². The molecule has 0 spiro atoms. The van der Waals surface area contributed by atoms with E-state index in [1.54, 1.807) is 0 Å². The van der Waals surface area contributed by atoms with E-state index in [1.165, 1.54) is 11.1 Å². The van der Waals surface area contributed by atoms with Gasteiger partial charge in [-0.3, -0.25) is 9.78 Å². The lowest BCUT2D eigenvalue weighted by Gasteiger charge is -2.29. The van der Waals surface area contributed by atoms with Crippen LogP contribution in [-0.4, -0.2) is 54.9 Å². The summed E-state index contributed by atoms with van der Waals surface area (Å²) < 4.78 is 5.59. The van der Waals surface area contributed by atoms with Gasteiger partial charge in [-0.15, -0.1) is 0 Å². The summed E-state index contributed by atoms with van der Waals surface area (Å²) in [5.74, 6) is -2.63. The van der Waals surface area contributed by atoms with Crippen LogP contribution in [0.15, 0.2) is 20.6 Å². The lowest BCUT2D eigenvalue weighted by Crippen LogP contribution is -2.52. The van der Waals surface area contributed by atoms with Crippen LogP contribution in [0.1, 0.15) is 5.69 Å². The van der Waals surface area contributed by atoms with Crippen LogP contribution >= 0.6 is 15.9 Å². The van der Waals surface area contributed by atoms with E-state index < -0.39 is 42.1 Å². The van der Waals surface area contributed by atoms with Crippen molar-refractivity contribution in [2.75, 3.05) is 6.61 Å². The molecule has 10 heteroatoms. The maximum atomic E-state index is 11.9. The number of halogens is 1. The minimum absolute atomic E-state index is 0.0760. The van der Waals surface area contributed by atoms with Crippen LogP contribution < -0.4 is 11.2 Å². The van der Waals surface area contributed by atoms with Crippen molar-refractivity contribution in [3.05, 3.63) is 37.6 Å². The normalized spacial score (nSPS) is 32.9. The summed E-state index contributed by atoms with van der Waals surface area (Å²) in [5, 5.41) is 39.1. The summed E-state index contributed by atoms with van der Waals surface area (Å²) in [7, 11) is 0. The summed E-state index contributed by atoms with van der Waals surface area (Å²) in [6.07, 6.45) is -3.53. The molecule has 4 atom stereocenters. The van der Waals surface area contributed by atoms with Crippen LogP contribution in [0.25, 0.3) is 6.08 Å². The van der Waals surface area contributed by atoms with Crippen molar-refractivity contribution in [1.82, 2.24) is 9.55 Å². The minimum atomic E-state index is -2.63. The Balaban J connectivity index is 2.66. The average Bonchev–Trinajstić information content (AvgIpc) is 2.63. The molecular weight excluding hydrogens is 352 g/mol. The zero-order chi connectivity index (χ0) is 15.8. The molecule has 2 rings (SSSR count). The van der Waals surface area contributed by atoms with Crippen molar-refractivity contribution < 1.29 is 25.2 Å². The smallest absolute Gasteiger partial charge is 0.333 e. The Morgan fingerprint density at radius 2 is 2.14 bits per heavy atom. The highest BCUT2D eigenvalue weighted by atomic mass is 79.9. The lowest BCUT2D eigenvalue weighted by atomic mass is 10.1. The van der Waals surface area contributed by atoms with Crippen molar-refractivity contribution in [2.24, 2.45) is 0 Å². The van der Waals surface area contributed by atoms with Gasteiger partial charge >= 0.3 is 5.69 Å². The van der Waals surface area contributed by atoms with Gasteiger partial charge in [0, 0.05) is 6.07 Å². The molecule has 0 aliphatic carbocycles. The first-order chi connectivity index (χ1) is 9.85. The van der Waals surface area contributed by atoms with Gasteiger partial charge in [0.15, 0.2) is 6.10 Å². The first kappa shape index (κ1) is 16.1. The fourth-order valence-corrected chi connectivity index (χ4v) is 2.42. The first-order valence-corrected chi connectivity index (χ1v) is 6.77. The number of aromatic amines is 1. The van der Waals surface area contributed by atoms with Gasteiger partial charge < -0.3 is 25.2 Å². The van der Waals surface area contributed by atoms with E-state index in [2.05, 4.69) is 15.9 Å². The summed E-state index contributed by atoms with van der Waals surface area (Å²) in [6.45, 7) is -0.678. The van der Waals surface area contributed by atoms with Crippen LogP contribution in [0.2, 0.25) is 0 Å². The molecule has 1 fully saturated rings. The molecule has 0 amide bonds. The monoisotopic (exact) mass is 364 g/mol. The van der Waals surface area contributed by atoms with E-state index in [4.69, 9.17) is 9.84 Å². The molecular formula is C11H13BrN2O7. The maximum Gasteiger partial charge on any atom is 0.333 e. The molecule has 0 unspecified atom stereocenters. The molecule has 0 radical (unpaired) electrons. The highest BCUT2D eigenvalue weighted by Gasteiger charge is 2.55. The molecule has 0 saturated carbocycles. The third kappa shape index (κ3) is 2.61. The molecule has 0 aromatic carbocycles. The van der Waals surface area contributed by atoms with Crippen LogP contribution in [0.4, 0.5) is 0 Å². The number of nitrogens with one attached hydrogen (secondary N) is 1. The zero-order valence-corrected chi connectivity index (χ0v) is 12.1. The van der Waals surface area contributed by atoms with E-state index in [1.807, 2.05) is 4.98 Å². The Bertz CT molecular complexity index is 669. The van der Waals surface area contributed by atoms with E-state index in [0.29, 0.717) is 4.57 Å². The largest absolute Gasteiger partial charge is 0.394 e. The van der Waals surface area contributed by atoms with E-state index in [9.17, 15) is 24.9 Å². The van der Waals surface area contributed by atoms with Gasteiger partial charge in [-0.1, -0.05) is 15.9 Å². The fourth-order valence-electron chi connectivity index (χ4n) is 2.15. The highest BCUT2D eigenvalue weighted by Crippen LogP contribution is 2.33. The third-order valence-corrected chi connectivity index (χ3v) is 3.38. The second-order valence-electron chi connectivity index (χ2n) is 4.42. The number of ether oxygens (including phenoxy) is 1. The summed E-state index contributed by atoms with van der Waals surface area (Å²) in [4.78, 5) is 26.5. The topological polar surface area (TPSA) is 145 Å². The number of hydrogen-bond acceptors (Lipinski definition) is 7. The molecule has 5 N–H and O–H groups in total. The molecule has 2 heterocycles. The van der Waals surface area contributed by atoms with Gasteiger partial charge in [-0.2, -0.15) is 0 Å². The number of aliphatic hydroxyl groups excluding tert-OH is 3. The first-order valence-electron chi connectivity index (χ1n) is 5.86. The fraction of sp³-hybridized carbons (Fsp3) is 0.455. The van der Waals surface area contributed by atoms with Crippen molar-refractivity contribution in [3.63, 3.8) is 0 Å². The van der Waals surface area contributed by atoms with Crippen molar-refractivity contribution >= 4 is 22.0 Å².